The molecule has 24 heteroatoms. The second-order valence-corrected chi connectivity index (χ2v) is 10.7. The van der Waals surface area contributed by atoms with Gasteiger partial charge in [-0.25, -0.2) is 52.7 Å². The topological polar surface area (TPSA) is 179 Å². The summed E-state index contributed by atoms with van der Waals surface area (Å²) in [6.07, 6.45) is 5.11. The van der Waals surface area contributed by atoms with E-state index in [1.807, 2.05) is 0 Å². The van der Waals surface area contributed by atoms with Gasteiger partial charge in [0.1, 0.15) is 0 Å². The molecule has 2 heterocycles. The molecule has 0 radical (unpaired) electrons. The molecule has 0 amide bonds. The van der Waals surface area contributed by atoms with E-state index < -0.39 is 116 Å². The van der Waals surface area contributed by atoms with Crippen LogP contribution in [-0.4, -0.2) is 50.3 Å². The summed E-state index contributed by atoms with van der Waals surface area (Å²) in [7, 11) is 0. The van der Waals surface area contributed by atoms with Crippen LogP contribution in [0.2, 0.25) is 0 Å². The van der Waals surface area contributed by atoms with Gasteiger partial charge in [-0.1, -0.05) is 0 Å². The standard InChI is InChI=1S/4C7H3F3O2.2C4H8O.2Ru/c4*8-4-2-1-3(7(11)12)5(9)6(4)10;2*1-2-4-5-3-1;;/h4*1-2H,(H,11,12);2*1-4H2;;/q;;;;;;2*+2/p-4. The second-order valence-electron chi connectivity index (χ2n) is 10.7. The molecular weight excluding hydrogens is 1020 g/mol. The molecule has 60 heavy (non-hydrogen) atoms. The Morgan fingerprint density at radius 1 is 0.333 bits per heavy atom. The van der Waals surface area contributed by atoms with Crippen LogP contribution in [0.25, 0.3) is 0 Å². The van der Waals surface area contributed by atoms with Crippen molar-refractivity contribution in [3.05, 3.63) is 141 Å². The first kappa shape index (κ1) is 57.2. The first-order valence-corrected chi connectivity index (χ1v) is 15.7. The van der Waals surface area contributed by atoms with Gasteiger partial charge in [0, 0.05) is 48.7 Å². The third kappa shape index (κ3) is 18.1. The maximum absolute atomic E-state index is 12.5. The van der Waals surface area contributed by atoms with Crippen LogP contribution in [0.15, 0.2) is 48.5 Å². The van der Waals surface area contributed by atoms with Gasteiger partial charge < -0.3 is 49.1 Å². The van der Waals surface area contributed by atoms with Gasteiger partial charge >= 0.3 is 39.0 Å². The van der Waals surface area contributed by atoms with Gasteiger partial charge in [-0.2, -0.15) is 0 Å². The monoisotopic (exact) mass is 1050 g/mol. The number of carbonyl (C=O) groups excluding carboxylic acids is 4. The van der Waals surface area contributed by atoms with Gasteiger partial charge in [0.15, 0.2) is 69.8 Å². The Bertz CT molecular complexity index is 1770. The largest absolute Gasteiger partial charge is 2.00 e. The smallest absolute Gasteiger partial charge is 0.545 e. The van der Waals surface area contributed by atoms with Crippen LogP contribution in [0.3, 0.4) is 0 Å². The molecule has 0 unspecified atom stereocenters. The molecule has 0 atom stereocenters. The minimum atomic E-state index is -1.88. The number of carbonyl (C=O) groups is 4. The SMILES string of the molecule is C1CCOC1.C1CCOC1.O=C([O-])c1ccc(F)c(F)c1F.O=C([O-])c1ccc(F)c(F)c1F.O=C([O-])c1ccc(F)c(F)c1F.O=C([O-])c1ccc(F)c(F)c1F.[Ru+2].[Ru+2]. The fraction of sp³-hybridized carbons (Fsp3) is 0.222. The van der Waals surface area contributed by atoms with Gasteiger partial charge in [-0.3, -0.25) is 0 Å². The van der Waals surface area contributed by atoms with E-state index in [1.54, 1.807) is 0 Å². The van der Waals surface area contributed by atoms with Crippen molar-refractivity contribution in [3.8, 4) is 0 Å². The van der Waals surface area contributed by atoms with E-state index in [9.17, 15) is 92.3 Å². The van der Waals surface area contributed by atoms with Crippen molar-refractivity contribution in [2.75, 3.05) is 26.4 Å². The Balaban J connectivity index is 0. The maximum Gasteiger partial charge on any atom is 2.00 e. The Morgan fingerprint density at radius 3 is 0.617 bits per heavy atom. The summed E-state index contributed by atoms with van der Waals surface area (Å²) in [6, 6.07) is 4.47. The molecule has 10 nitrogen and oxygen atoms in total. The van der Waals surface area contributed by atoms with Gasteiger partial charge in [-0.05, 0) is 74.2 Å². The molecule has 2 saturated heterocycles. The number of ether oxygens (including phenoxy) is 2. The van der Waals surface area contributed by atoms with E-state index in [0.29, 0.717) is 48.5 Å². The van der Waals surface area contributed by atoms with E-state index >= 15 is 0 Å². The van der Waals surface area contributed by atoms with Crippen molar-refractivity contribution in [3.63, 3.8) is 0 Å². The summed E-state index contributed by atoms with van der Waals surface area (Å²) < 4.78 is 158. The zero-order chi connectivity index (χ0) is 44.3. The van der Waals surface area contributed by atoms with Gasteiger partial charge in [0.2, 0.25) is 0 Å². The molecule has 2 aliphatic heterocycles. The Hall–Kier alpha value is -4.91. The van der Waals surface area contributed by atoms with Crippen LogP contribution in [-0.2, 0) is 48.4 Å². The van der Waals surface area contributed by atoms with Crippen LogP contribution in [0.4, 0.5) is 52.7 Å². The Labute approximate surface area is 356 Å². The van der Waals surface area contributed by atoms with E-state index in [0.717, 1.165) is 26.4 Å². The van der Waals surface area contributed by atoms with Crippen molar-refractivity contribution in [2.24, 2.45) is 0 Å². The summed E-state index contributed by atoms with van der Waals surface area (Å²) in [5.74, 6) is -27.5. The van der Waals surface area contributed by atoms with E-state index in [-0.39, 0.29) is 39.0 Å². The van der Waals surface area contributed by atoms with E-state index in [1.165, 1.54) is 25.7 Å². The van der Waals surface area contributed by atoms with Crippen molar-refractivity contribution >= 4 is 23.9 Å². The normalized spacial score (nSPS) is 11.9. The molecule has 0 spiro atoms. The van der Waals surface area contributed by atoms with Crippen molar-refractivity contribution in [2.45, 2.75) is 25.7 Å². The van der Waals surface area contributed by atoms with Crippen LogP contribution in [0.1, 0.15) is 67.1 Å². The third-order valence-corrected chi connectivity index (χ3v) is 6.68. The first-order chi connectivity index (χ1) is 27.1. The summed E-state index contributed by atoms with van der Waals surface area (Å²) in [5.41, 5.74) is -3.97. The summed E-state index contributed by atoms with van der Waals surface area (Å²) in [6.45, 7) is 4.00. The van der Waals surface area contributed by atoms with Crippen molar-refractivity contribution < 1.29 is 141 Å². The minimum absolute atomic E-state index is 0. The number of hydrogen-bond donors (Lipinski definition) is 0. The predicted molar refractivity (Wildman–Crippen MR) is 163 cm³/mol. The number of halogens is 12. The van der Waals surface area contributed by atoms with Gasteiger partial charge in [0.25, 0.3) is 0 Å². The molecule has 4 aromatic rings. The number of hydrogen-bond acceptors (Lipinski definition) is 10. The molecule has 2 aliphatic rings. The number of aromatic carboxylic acids is 4. The Morgan fingerprint density at radius 2 is 0.500 bits per heavy atom. The number of rotatable bonds is 4. The molecular formula is C36H24F12O10Ru2. The number of carboxylic acids is 4. The van der Waals surface area contributed by atoms with Crippen molar-refractivity contribution in [1.29, 1.82) is 0 Å². The van der Waals surface area contributed by atoms with Gasteiger partial charge in [-0.15, -0.1) is 0 Å². The zero-order valence-corrected chi connectivity index (χ0v) is 33.1. The molecule has 0 bridgehead atoms. The predicted octanol–water partition coefficient (Wildman–Crippen LogP) is 3.46. The van der Waals surface area contributed by atoms with E-state index in [4.69, 9.17) is 9.47 Å². The minimum Gasteiger partial charge on any atom is -0.545 e. The third-order valence-electron chi connectivity index (χ3n) is 6.68. The molecule has 2 fully saturated rings. The quantitative estimate of drug-likeness (QED) is 0.167. The van der Waals surface area contributed by atoms with Crippen LogP contribution in [0.5, 0.6) is 0 Å². The molecule has 0 aliphatic carbocycles. The molecule has 4 aromatic carbocycles. The Kier molecular flexibility index (Phi) is 27.2. The average Bonchev–Trinajstić information content (AvgIpc) is 3.96. The van der Waals surface area contributed by atoms with Crippen LogP contribution < -0.4 is 20.4 Å². The molecule has 0 N–H and O–H groups in total. The maximum atomic E-state index is 12.5. The number of carboxylic acid groups (broad SMARTS) is 4. The molecule has 328 valence electrons. The first-order valence-electron chi connectivity index (χ1n) is 15.7. The molecule has 6 rings (SSSR count). The van der Waals surface area contributed by atoms with Crippen molar-refractivity contribution in [1.82, 2.24) is 0 Å². The zero-order valence-electron chi connectivity index (χ0n) is 29.6. The summed E-state index contributed by atoms with van der Waals surface area (Å²) >= 11 is 0. The number of benzene rings is 4. The molecule has 0 aromatic heterocycles. The summed E-state index contributed by atoms with van der Waals surface area (Å²) in [4.78, 5) is 40.2. The fourth-order valence-electron chi connectivity index (χ4n) is 3.75. The van der Waals surface area contributed by atoms with E-state index in [2.05, 4.69) is 0 Å². The molecule has 0 saturated carbocycles. The average molecular weight is 1050 g/mol. The fourth-order valence-corrected chi connectivity index (χ4v) is 3.75. The summed E-state index contributed by atoms with van der Waals surface area (Å²) in [5, 5.41) is 40.2. The second kappa shape index (κ2) is 28.5. The van der Waals surface area contributed by atoms with Crippen LogP contribution in [0, 0.1) is 69.8 Å². The van der Waals surface area contributed by atoms with Gasteiger partial charge in [0.05, 0.1) is 23.9 Å². The van der Waals surface area contributed by atoms with Crippen LogP contribution >= 0.6 is 0 Å².